The second-order valence-electron chi connectivity index (χ2n) is 5.73. The van der Waals surface area contributed by atoms with Crippen LogP contribution in [0.1, 0.15) is 38.3 Å². The summed E-state index contributed by atoms with van der Waals surface area (Å²) in [5.41, 5.74) is 3.87. The average molecular weight is 299 g/mol. The van der Waals surface area contributed by atoms with Crippen LogP contribution in [0.4, 0.5) is 0 Å². The van der Waals surface area contributed by atoms with Crippen molar-refractivity contribution in [3.05, 3.63) is 51.8 Å². The molecule has 1 atom stereocenters. The average Bonchev–Trinajstić information content (AvgIpc) is 2.54. The van der Waals surface area contributed by atoms with Crippen LogP contribution in [0.25, 0.3) is 11.3 Å². The smallest absolute Gasteiger partial charge is 0.271 e. The standard InChI is InChI=1S/C18H25N3O/c1-5-14(4)19-12-16-11-17(20-21(6-2)18(16)22)15-9-7-13(3)8-10-15/h7-11,14,19H,5-6,12H2,1-4H3. The van der Waals surface area contributed by atoms with Gasteiger partial charge in [-0.15, -0.1) is 0 Å². The Morgan fingerprint density at radius 3 is 2.50 bits per heavy atom. The molecule has 0 aliphatic rings. The van der Waals surface area contributed by atoms with Gasteiger partial charge in [0.15, 0.2) is 0 Å². The summed E-state index contributed by atoms with van der Waals surface area (Å²) in [5.74, 6) is 0. The summed E-state index contributed by atoms with van der Waals surface area (Å²) in [6, 6.07) is 10.5. The van der Waals surface area contributed by atoms with E-state index in [1.54, 1.807) is 4.68 Å². The normalized spacial score (nSPS) is 12.4. The Bertz CT molecular complexity index is 674. The number of aryl methyl sites for hydroxylation is 2. The van der Waals surface area contributed by atoms with Crippen molar-refractivity contribution in [2.75, 3.05) is 0 Å². The largest absolute Gasteiger partial charge is 0.310 e. The van der Waals surface area contributed by atoms with Crippen molar-refractivity contribution < 1.29 is 0 Å². The second kappa shape index (κ2) is 7.36. The topological polar surface area (TPSA) is 46.9 Å². The quantitative estimate of drug-likeness (QED) is 0.891. The first-order valence-corrected chi connectivity index (χ1v) is 7.96. The molecule has 1 aromatic carbocycles. The zero-order chi connectivity index (χ0) is 16.1. The summed E-state index contributed by atoms with van der Waals surface area (Å²) < 4.78 is 1.54. The van der Waals surface area contributed by atoms with Crippen molar-refractivity contribution >= 4 is 0 Å². The van der Waals surface area contributed by atoms with Gasteiger partial charge in [-0.25, -0.2) is 4.68 Å². The molecule has 118 valence electrons. The third-order valence-corrected chi connectivity index (χ3v) is 3.95. The predicted molar refractivity (Wildman–Crippen MR) is 90.9 cm³/mol. The molecule has 4 nitrogen and oxygen atoms in total. The molecule has 2 aromatic rings. The van der Waals surface area contributed by atoms with Gasteiger partial charge in [0.1, 0.15) is 0 Å². The van der Waals surface area contributed by atoms with E-state index in [1.807, 2.05) is 25.1 Å². The molecular formula is C18H25N3O. The lowest BCUT2D eigenvalue weighted by atomic mass is 10.1. The van der Waals surface area contributed by atoms with E-state index in [0.717, 1.165) is 23.2 Å². The molecule has 0 fully saturated rings. The maximum Gasteiger partial charge on any atom is 0.271 e. The van der Waals surface area contributed by atoms with Gasteiger partial charge in [-0.3, -0.25) is 4.79 Å². The minimum absolute atomic E-state index is 0.00540. The molecule has 0 radical (unpaired) electrons. The van der Waals surface area contributed by atoms with E-state index in [0.29, 0.717) is 19.1 Å². The Hall–Kier alpha value is -1.94. The molecular weight excluding hydrogens is 274 g/mol. The first-order chi connectivity index (χ1) is 10.5. The van der Waals surface area contributed by atoms with E-state index in [2.05, 4.69) is 43.3 Å². The zero-order valence-corrected chi connectivity index (χ0v) is 13.9. The molecule has 4 heteroatoms. The van der Waals surface area contributed by atoms with Gasteiger partial charge < -0.3 is 5.32 Å². The predicted octanol–water partition coefficient (Wildman–Crippen LogP) is 3.13. The first-order valence-electron chi connectivity index (χ1n) is 7.96. The van der Waals surface area contributed by atoms with Crippen molar-refractivity contribution in [3.63, 3.8) is 0 Å². The molecule has 0 bridgehead atoms. The highest BCUT2D eigenvalue weighted by atomic mass is 16.1. The number of aromatic nitrogens is 2. The molecule has 1 N–H and O–H groups in total. The lowest BCUT2D eigenvalue weighted by Gasteiger charge is -2.13. The summed E-state index contributed by atoms with van der Waals surface area (Å²) in [6.07, 6.45) is 1.04. The molecule has 1 unspecified atom stereocenters. The maximum absolute atomic E-state index is 12.4. The Kier molecular flexibility index (Phi) is 5.50. The summed E-state index contributed by atoms with van der Waals surface area (Å²) in [4.78, 5) is 12.4. The third kappa shape index (κ3) is 3.83. The van der Waals surface area contributed by atoms with E-state index in [-0.39, 0.29) is 5.56 Å². The summed E-state index contributed by atoms with van der Waals surface area (Å²) in [7, 11) is 0. The molecule has 0 aliphatic heterocycles. The Morgan fingerprint density at radius 1 is 1.23 bits per heavy atom. The van der Waals surface area contributed by atoms with Crippen molar-refractivity contribution in [1.82, 2.24) is 15.1 Å². The number of rotatable bonds is 6. The van der Waals surface area contributed by atoms with Crippen LogP contribution in [0.3, 0.4) is 0 Å². The molecule has 0 spiro atoms. The van der Waals surface area contributed by atoms with Crippen molar-refractivity contribution in [2.24, 2.45) is 0 Å². The minimum Gasteiger partial charge on any atom is -0.310 e. The monoisotopic (exact) mass is 299 g/mol. The second-order valence-corrected chi connectivity index (χ2v) is 5.73. The van der Waals surface area contributed by atoms with E-state index in [4.69, 9.17) is 0 Å². The van der Waals surface area contributed by atoms with Crippen LogP contribution in [-0.4, -0.2) is 15.8 Å². The number of nitrogens with zero attached hydrogens (tertiary/aromatic N) is 2. The summed E-state index contributed by atoms with van der Waals surface area (Å²) in [6.45, 7) is 9.42. The molecule has 0 saturated heterocycles. The number of benzene rings is 1. The maximum atomic E-state index is 12.4. The Labute approximate surface area is 132 Å². The molecule has 0 amide bonds. The van der Waals surface area contributed by atoms with E-state index in [1.165, 1.54) is 5.56 Å². The molecule has 0 aliphatic carbocycles. The fourth-order valence-corrected chi connectivity index (χ4v) is 2.23. The van der Waals surface area contributed by atoms with Crippen LogP contribution >= 0.6 is 0 Å². The van der Waals surface area contributed by atoms with Crippen LogP contribution in [-0.2, 0) is 13.1 Å². The number of hydrogen-bond acceptors (Lipinski definition) is 3. The third-order valence-electron chi connectivity index (χ3n) is 3.95. The molecule has 0 saturated carbocycles. The molecule has 22 heavy (non-hydrogen) atoms. The van der Waals surface area contributed by atoms with Gasteiger partial charge in [0.25, 0.3) is 5.56 Å². The Morgan fingerprint density at radius 2 is 1.91 bits per heavy atom. The highest BCUT2D eigenvalue weighted by molar-refractivity contribution is 5.59. The number of hydrogen-bond donors (Lipinski definition) is 1. The van der Waals surface area contributed by atoms with Gasteiger partial charge in [-0.1, -0.05) is 36.8 Å². The summed E-state index contributed by atoms with van der Waals surface area (Å²) in [5, 5.41) is 7.86. The van der Waals surface area contributed by atoms with E-state index >= 15 is 0 Å². The van der Waals surface area contributed by atoms with Crippen LogP contribution in [0, 0.1) is 6.92 Å². The van der Waals surface area contributed by atoms with Gasteiger partial charge in [0.2, 0.25) is 0 Å². The Balaban J connectivity index is 2.39. The van der Waals surface area contributed by atoms with Crippen molar-refractivity contribution in [2.45, 2.75) is 53.2 Å². The van der Waals surface area contributed by atoms with Crippen molar-refractivity contribution in [3.8, 4) is 11.3 Å². The lowest BCUT2D eigenvalue weighted by Crippen LogP contribution is -2.32. The van der Waals surface area contributed by atoms with Gasteiger partial charge >= 0.3 is 0 Å². The van der Waals surface area contributed by atoms with Crippen LogP contribution < -0.4 is 10.9 Å². The van der Waals surface area contributed by atoms with E-state index in [9.17, 15) is 4.79 Å². The van der Waals surface area contributed by atoms with Gasteiger partial charge in [-0.2, -0.15) is 5.10 Å². The van der Waals surface area contributed by atoms with Gasteiger partial charge in [-0.05, 0) is 33.3 Å². The zero-order valence-electron chi connectivity index (χ0n) is 13.9. The van der Waals surface area contributed by atoms with Crippen LogP contribution in [0.5, 0.6) is 0 Å². The SMILES string of the molecule is CCC(C)NCc1cc(-c2ccc(C)cc2)nn(CC)c1=O. The number of nitrogens with one attached hydrogen (secondary N) is 1. The fourth-order valence-electron chi connectivity index (χ4n) is 2.23. The lowest BCUT2D eigenvalue weighted by molar-refractivity contribution is 0.524. The minimum atomic E-state index is -0.00540. The van der Waals surface area contributed by atoms with Crippen molar-refractivity contribution in [1.29, 1.82) is 0 Å². The van der Waals surface area contributed by atoms with E-state index < -0.39 is 0 Å². The highest BCUT2D eigenvalue weighted by Gasteiger charge is 2.10. The first kappa shape index (κ1) is 16.4. The van der Waals surface area contributed by atoms with Crippen LogP contribution in [0.2, 0.25) is 0 Å². The molecule has 1 heterocycles. The van der Waals surface area contributed by atoms with Crippen LogP contribution in [0.15, 0.2) is 35.1 Å². The van der Waals surface area contributed by atoms with Gasteiger partial charge in [0.05, 0.1) is 5.69 Å². The fraction of sp³-hybridized carbons (Fsp3) is 0.444. The molecule has 2 rings (SSSR count). The highest BCUT2D eigenvalue weighted by Crippen LogP contribution is 2.17. The molecule has 1 aromatic heterocycles. The van der Waals surface area contributed by atoms with Gasteiger partial charge in [0, 0.05) is 30.3 Å². The summed E-state index contributed by atoms with van der Waals surface area (Å²) >= 11 is 0.